The minimum atomic E-state index is -5.07. The van der Waals surface area contributed by atoms with Gasteiger partial charge in [0.25, 0.3) is 0 Å². The van der Waals surface area contributed by atoms with Crippen LogP contribution in [0.3, 0.4) is 0 Å². The first kappa shape index (κ1) is 21.0. The Bertz CT molecular complexity index is 474. The molecule has 0 atom stereocenters. The van der Waals surface area contributed by atoms with Gasteiger partial charge >= 0.3 is 21.1 Å². The van der Waals surface area contributed by atoms with Gasteiger partial charge in [0.05, 0.1) is 0 Å². The van der Waals surface area contributed by atoms with Crippen LogP contribution in [0.4, 0.5) is 22.0 Å². The first-order valence-corrected chi connectivity index (χ1v) is 9.35. The molecule has 0 heterocycles. The highest BCUT2D eigenvalue weighted by Gasteiger charge is 2.55. The molecule has 138 valence electrons. The summed E-state index contributed by atoms with van der Waals surface area (Å²) in [5.41, 5.74) is 0. The van der Waals surface area contributed by atoms with Crippen molar-refractivity contribution in [3.05, 3.63) is 30.3 Å². The molecule has 0 radical (unpaired) electrons. The lowest BCUT2D eigenvalue weighted by atomic mass is 10.4. The van der Waals surface area contributed by atoms with Crippen molar-refractivity contribution in [1.82, 2.24) is 0 Å². The zero-order valence-electron chi connectivity index (χ0n) is 13.5. The highest BCUT2D eigenvalue weighted by Crippen LogP contribution is 2.35. The summed E-state index contributed by atoms with van der Waals surface area (Å²) >= 11 is 0. The second kappa shape index (κ2) is 8.89. The van der Waals surface area contributed by atoms with E-state index in [-0.39, 0.29) is 18.4 Å². The van der Waals surface area contributed by atoms with Gasteiger partial charge in [-0.25, -0.2) is 0 Å². The van der Waals surface area contributed by atoms with Gasteiger partial charge in [0.1, 0.15) is 6.42 Å². The number of alkyl halides is 5. The van der Waals surface area contributed by atoms with E-state index in [1.807, 2.05) is 0 Å². The Hall–Kier alpha value is -1.03. The van der Waals surface area contributed by atoms with Gasteiger partial charge in [-0.05, 0) is 12.8 Å². The average molecular weight is 372 g/mol. The maximum atomic E-state index is 13.9. The summed E-state index contributed by atoms with van der Waals surface area (Å²) < 4.78 is 80.6. The molecule has 1 aromatic carbocycles. The summed E-state index contributed by atoms with van der Waals surface area (Å²) in [5.74, 6) is 0. The van der Waals surface area contributed by atoms with Crippen molar-refractivity contribution in [1.29, 1.82) is 0 Å². The van der Waals surface area contributed by atoms with Crippen LogP contribution in [0.15, 0.2) is 30.3 Å². The molecule has 0 bridgehead atoms. The summed E-state index contributed by atoms with van der Waals surface area (Å²) in [6.07, 6.45) is -11.0. The van der Waals surface area contributed by atoms with Crippen LogP contribution in [0.25, 0.3) is 0 Å². The zero-order valence-corrected chi connectivity index (χ0v) is 14.5. The highest BCUT2D eigenvalue weighted by atomic mass is 28.4. The predicted molar refractivity (Wildman–Crippen MR) is 81.0 cm³/mol. The number of hydrogen-bond donors (Lipinski definition) is 0. The van der Waals surface area contributed by atoms with Gasteiger partial charge in [0.2, 0.25) is 0 Å². The van der Waals surface area contributed by atoms with Gasteiger partial charge in [-0.15, -0.1) is 0 Å². The van der Waals surface area contributed by atoms with Gasteiger partial charge in [-0.1, -0.05) is 44.2 Å². The van der Waals surface area contributed by atoms with Crippen molar-refractivity contribution >= 4 is 14.0 Å². The zero-order chi connectivity index (χ0) is 18.3. The van der Waals surface area contributed by atoms with E-state index in [0.29, 0.717) is 12.8 Å². The normalized spacial score (nSPS) is 13.3. The van der Waals surface area contributed by atoms with E-state index in [1.54, 1.807) is 32.0 Å². The Labute approximate surface area is 139 Å². The molecule has 0 fully saturated rings. The van der Waals surface area contributed by atoms with E-state index in [2.05, 4.69) is 4.43 Å². The lowest BCUT2D eigenvalue weighted by molar-refractivity contribution is -0.270. The lowest BCUT2D eigenvalue weighted by Gasteiger charge is -2.33. The molecular formula is C15H21F5O3Si. The van der Waals surface area contributed by atoms with Crippen LogP contribution in [0.2, 0.25) is 0 Å². The maximum Gasteiger partial charge on any atom is 0.541 e. The fourth-order valence-electron chi connectivity index (χ4n) is 1.91. The van der Waals surface area contributed by atoms with E-state index in [4.69, 9.17) is 8.85 Å². The first-order valence-electron chi connectivity index (χ1n) is 7.62. The SMILES string of the molecule is CCCO[Si](OCCC)(OC(F)(F)CC(F)(F)F)c1ccccc1. The third-order valence-corrected chi connectivity index (χ3v) is 5.59. The van der Waals surface area contributed by atoms with Crippen molar-refractivity contribution in [2.45, 2.75) is 45.4 Å². The number of rotatable bonds is 10. The van der Waals surface area contributed by atoms with Crippen molar-refractivity contribution in [2.24, 2.45) is 0 Å². The molecule has 9 heteroatoms. The third kappa shape index (κ3) is 6.84. The van der Waals surface area contributed by atoms with Crippen LogP contribution in [0.5, 0.6) is 0 Å². The molecule has 24 heavy (non-hydrogen) atoms. The molecule has 0 unspecified atom stereocenters. The van der Waals surface area contributed by atoms with Crippen LogP contribution in [-0.2, 0) is 13.3 Å². The summed E-state index contributed by atoms with van der Waals surface area (Å²) in [6.45, 7) is 3.56. The summed E-state index contributed by atoms with van der Waals surface area (Å²) in [5, 5.41) is 0.203. The molecule has 0 aliphatic heterocycles. The summed E-state index contributed by atoms with van der Waals surface area (Å²) in [7, 11) is -4.20. The molecule has 0 saturated heterocycles. The summed E-state index contributed by atoms with van der Waals surface area (Å²) in [6, 6.07) is 7.69. The average Bonchev–Trinajstić information content (AvgIpc) is 2.48. The smallest absolute Gasteiger partial charge is 0.370 e. The van der Waals surface area contributed by atoms with E-state index in [1.165, 1.54) is 12.1 Å². The van der Waals surface area contributed by atoms with E-state index >= 15 is 0 Å². The van der Waals surface area contributed by atoms with E-state index in [0.717, 1.165) is 0 Å². The molecule has 0 amide bonds. The van der Waals surface area contributed by atoms with Crippen LogP contribution >= 0.6 is 0 Å². The van der Waals surface area contributed by atoms with Gasteiger partial charge < -0.3 is 13.3 Å². The second-order valence-electron chi connectivity index (χ2n) is 5.15. The number of hydrogen-bond acceptors (Lipinski definition) is 3. The van der Waals surface area contributed by atoms with Crippen molar-refractivity contribution < 1.29 is 35.2 Å². The van der Waals surface area contributed by atoms with Crippen molar-refractivity contribution in [3.8, 4) is 0 Å². The lowest BCUT2D eigenvalue weighted by Crippen LogP contribution is -2.60. The third-order valence-electron chi connectivity index (χ3n) is 2.81. The molecule has 0 N–H and O–H groups in total. The Morgan fingerprint density at radius 2 is 1.38 bits per heavy atom. The molecule has 1 aromatic rings. The second-order valence-corrected chi connectivity index (χ2v) is 7.62. The molecule has 0 spiro atoms. The van der Waals surface area contributed by atoms with E-state index in [9.17, 15) is 22.0 Å². The molecule has 0 aliphatic rings. The van der Waals surface area contributed by atoms with E-state index < -0.39 is 27.5 Å². The first-order chi connectivity index (χ1) is 11.1. The standard InChI is InChI=1S/C15H21F5O3Si/c1-3-10-21-24(22-11-4-2,13-8-6-5-7-9-13)23-15(19,20)12-14(16,17)18/h5-9H,3-4,10-12H2,1-2H3. The van der Waals surface area contributed by atoms with Crippen molar-refractivity contribution in [2.75, 3.05) is 13.2 Å². The van der Waals surface area contributed by atoms with Gasteiger partial charge in [0, 0.05) is 18.4 Å². The maximum absolute atomic E-state index is 13.9. The minimum Gasteiger partial charge on any atom is -0.370 e. The molecule has 0 saturated carbocycles. The Morgan fingerprint density at radius 1 is 0.875 bits per heavy atom. The topological polar surface area (TPSA) is 27.7 Å². The molecule has 1 rings (SSSR count). The number of halogens is 5. The molecule has 0 aliphatic carbocycles. The highest BCUT2D eigenvalue weighted by molar-refractivity contribution is 6.75. The quantitative estimate of drug-likeness (QED) is 0.454. The summed E-state index contributed by atoms with van der Waals surface area (Å²) in [4.78, 5) is 0. The fraction of sp³-hybridized carbons (Fsp3) is 0.600. The van der Waals surface area contributed by atoms with Gasteiger partial charge in [-0.3, -0.25) is 0 Å². The Morgan fingerprint density at radius 3 is 1.79 bits per heavy atom. The molecule has 3 nitrogen and oxygen atoms in total. The molecular weight excluding hydrogens is 351 g/mol. The number of benzene rings is 1. The van der Waals surface area contributed by atoms with Gasteiger partial charge in [-0.2, -0.15) is 22.0 Å². The largest absolute Gasteiger partial charge is 0.541 e. The Balaban J connectivity index is 3.18. The Kier molecular flexibility index (Phi) is 7.78. The van der Waals surface area contributed by atoms with Gasteiger partial charge in [0.15, 0.2) is 0 Å². The van der Waals surface area contributed by atoms with Crippen molar-refractivity contribution in [3.63, 3.8) is 0 Å². The van der Waals surface area contributed by atoms with Crippen LogP contribution in [0, 0.1) is 0 Å². The molecule has 0 aromatic heterocycles. The monoisotopic (exact) mass is 372 g/mol. The van der Waals surface area contributed by atoms with Crippen LogP contribution < -0.4 is 5.19 Å². The minimum absolute atomic E-state index is 0.0347. The predicted octanol–water partition coefficient (Wildman–Crippen LogP) is 4.25. The van der Waals surface area contributed by atoms with Crippen LogP contribution in [-0.4, -0.2) is 34.3 Å². The fourth-order valence-corrected chi connectivity index (χ4v) is 4.57. The van der Waals surface area contributed by atoms with Crippen LogP contribution in [0.1, 0.15) is 33.1 Å².